The maximum absolute atomic E-state index is 14.4. The topological polar surface area (TPSA) is 230 Å². The third-order valence-electron chi connectivity index (χ3n) is 20.2. The Morgan fingerprint density at radius 3 is 0.810 bits per heavy atom. The van der Waals surface area contributed by atoms with E-state index in [1.54, 1.807) is 149 Å². The second-order valence-corrected chi connectivity index (χ2v) is 26.9. The maximum atomic E-state index is 14.4. The minimum Gasteiger partial charge on any atom is -0.507 e. The Labute approximate surface area is 611 Å². The summed E-state index contributed by atoms with van der Waals surface area (Å²) in [7, 11) is 0. The Morgan fingerprint density at radius 1 is 0.333 bits per heavy atom. The van der Waals surface area contributed by atoms with Crippen molar-refractivity contribution in [2.75, 3.05) is 13.1 Å². The molecule has 0 fully saturated rings. The van der Waals surface area contributed by atoms with Crippen molar-refractivity contribution in [2.24, 2.45) is 0 Å². The number of hydrogen-bond donors (Lipinski definition) is 4. The van der Waals surface area contributed by atoms with Gasteiger partial charge in [-0.15, -0.1) is 0 Å². The molecule has 13 rings (SSSR count). The van der Waals surface area contributed by atoms with E-state index in [0.717, 1.165) is 11.1 Å². The summed E-state index contributed by atoms with van der Waals surface area (Å²) in [4.78, 5) is 62.0. The van der Waals surface area contributed by atoms with Gasteiger partial charge in [0.15, 0.2) is 0 Å². The van der Waals surface area contributed by atoms with Gasteiger partial charge in [0.1, 0.15) is 72.4 Å². The van der Waals surface area contributed by atoms with E-state index in [4.69, 9.17) is 37.9 Å². The van der Waals surface area contributed by atoms with E-state index in [1.807, 2.05) is 84.9 Å². The van der Waals surface area contributed by atoms with Crippen molar-refractivity contribution < 1.29 is 77.5 Å². The third-order valence-corrected chi connectivity index (χ3v) is 20.2. The number of carbonyl (C=O) groups excluding carboxylic acids is 4. The summed E-state index contributed by atoms with van der Waals surface area (Å²) < 4.78 is 48.3. The minimum atomic E-state index is -1.12. The molecule has 6 atom stereocenters. The first-order chi connectivity index (χ1) is 50.9. The van der Waals surface area contributed by atoms with Crippen molar-refractivity contribution in [1.29, 1.82) is 0 Å². The van der Waals surface area contributed by atoms with Gasteiger partial charge in [-0.05, 0) is 97.4 Å². The fourth-order valence-electron chi connectivity index (χ4n) is 14.0. The van der Waals surface area contributed by atoms with Crippen molar-refractivity contribution in [3.63, 3.8) is 0 Å². The van der Waals surface area contributed by atoms with Gasteiger partial charge in [-0.3, -0.25) is 9.80 Å². The molecule has 2 heterocycles. The predicted octanol–water partition coefficient (Wildman–Crippen LogP) is 19.6. The molecule has 2 aliphatic heterocycles. The van der Waals surface area contributed by atoms with Gasteiger partial charge in [-0.2, -0.15) is 0 Å². The Hall–Kier alpha value is -11.6. The van der Waals surface area contributed by atoms with E-state index >= 15 is 0 Å². The fourth-order valence-corrected chi connectivity index (χ4v) is 14.0. The van der Waals surface area contributed by atoms with Gasteiger partial charge < -0.3 is 58.3 Å². The number of nitrogens with zero attached hydrogens (tertiary/aromatic N) is 2. The van der Waals surface area contributed by atoms with Crippen LogP contribution in [0.2, 0.25) is 0 Å². The van der Waals surface area contributed by atoms with E-state index in [2.05, 4.69) is 23.6 Å². The molecule has 10 aromatic carbocycles. The number of carbonyl (C=O) groups is 4. The second-order valence-electron chi connectivity index (χ2n) is 26.9. The van der Waals surface area contributed by atoms with E-state index in [1.165, 1.54) is 12.1 Å². The van der Waals surface area contributed by atoms with Crippen LogP contribution in [0.1, 0.15) is 186 Å². The molecule has 0 radical (unpaired) electrons. The summed E-state index contributed by atoms with van der Waals surface area (Å²) in [6, 6.07) is 64.8. The Bertz CT molecular complexity index is 4160. The lowest BCUT2D eigenvalue weighted by molar-refractivity contribution is 0.0889. The number of ether oxygens (including phenoxy) is 8. The van der Waals surface area contributed by atoms with Gasteiger partial charge in [0.05, 0.1) is 11.1 Å². The van der Waals surface area contributed by atoms with Gasteiger partial charge in [-0.1, -0.05) is 216 Å². The summed E-state index contributed by atoms with van der Waals surface area (Å²) in [6.45, 7) is 11.6. The van der Waals surface area contributed by atoms with E-state index < -0.39 is 48.3 Å². The zero-order chi connectivity index (χ0) is 73.7. The molecule has 0 aromatic heterocycles. The predicted molar refractivity (Wildman–Crippen MR) is 396 cm³/mol. The molecule has 540 valence electrons. The van der Waals surface area contributed by atoms with E-state index in [9.17, 15) is 39.6 Å². The smallest absolute Gasteiger partial charge is 0.507 e. The SMILES string of the molecule is CC1c2cc(c(OC(=O)OCc3ccccc3)cc2OC(=O)OCc2ccccc2)C(C)c2cc3c(O)c(c2O)CN([C@H](C)c2ccccc2)CCCCCN([C@H](C)c2ccccc2)Cc2c(O)c1cc(c2O)C(C)c1cc(c(OC(=O)OCc2ccccc2)cc1OC(=O)OCc1ccccc1)C3C. The molecule has 3 aliphatic rings. The Morgan fingerprint density at radius 2 is 0.562 bits per heavy atom. The molecule has 0 saturated carbocycles. The first-order valence-electron chi connectivity index (χ1n) is 35.5. The van der Waals surface area contributed by atoms with Gasteiger partial charge in [0, 0.05) is 105 Å². The lowest BCUT2D eigenvalue weighted by atomic mass is 9.79. The molecule has 18 heteroatoms. The summed E-state index contributed by atoms with van der Waals surface area (Å²) in [5, 5.41) is 53.9. The molecular formula is C87H86N2O16. The first kappa shape index (κ1) is 73.2. The van der Waals surface area contributed by atoms with Crippen LogP contribution in [-0.2, 0) is 58.5 Å². The third kappa shape index (κ3) is 17.4. The van der Waals surface area contributed by atoms with Crippen LogP contribution in [0.5, 0.6) is 46.0 Å². The Balaban J connectivity index is 1.14. The highest BCUT2D eigenvalue weighted by Gasteiger charge is 2.37. The monoisotopic (exact) mass is 1410 g/mol. The highest BCUT2D eigenvalue weighted by Crippen LogP contribution is 2.53. The number of aromatic hydroxyl groups is 4. The number of fused-ring (bicyclic) bond motifs is 8. The summed E-state index contributed by atoms with van der Waals surface area (Å²) in [5.74, 6) is -5.85. The first-order valence-corrected chi connectivity index (χ1v) is 35.5. The molecule has 105 heavy (non-hydrogen) atoms. The molecule has 18 nitrogen and oxygen atoms in total. The van der Waals surface area contributed by atoms with Crippen LogP contribution >= 0.6 is 0 Å². The lowest BCUT2D eigenvalue weighted by Gasteiger charge is -2.33. The van der Waals surface area contributed by atoms with Gasteiger partial charge in [0.25, 0.3) is 0 Å². The summed E-state index contributed by atoms with van der Waals surface area (Å²) in [6.07, 6.45) is -2.43. The molecular weight excluding hydrogens is 1330 g/mol. The van der Waals surface area contributed by atoms with Crippen LogP contribution in [-0.4, -0.2) is 67.9 Å². The standard InChI is InChI=1S/C87H86N2O16/c1-54-66-42-67(77(103-85(95)99-51-61-30-16-8-17-31-61)46-76(66)102-84(94)98-50-60-28-14-7-15-29-60)55(2)72-45-73-57(4)69-43-68(78(104-86(96)100-52-62-32-18-9-19-33-62)47-79(69)105-87(97)101-53-63-34-20-10-21-35-63)56(3)71-44-70(54)80(90)74(81(71)91)48-88(58(5)64-36-22-11-23-37-64)40-26-13-27-41-89(49-75(82(72)92)83(73)93)59(6)65-38-24-12-25-39-65/h7-12,14-25,28-39,42-47,54-59,90-93H,13,26-27,40-41,48-53H2,1-6H3/t54?,55?,56?,57?,58-,59-/m1/s1. The zero-order valence-electron chi connectivity index (χ0n) is 59.6. The van der Waals surface area contributed by atoms with Crippen molar-refractivity contribution >= 4 is 24.6 Å². The van der Waals surface area contributed by atoms with Crippen LogP contribution < -0.4 is 18.9 Å². The second kappa shape index (κ2) is 33.7. The summed E-state index contributed by atoms with van der Waals surface area (Å²) >= 11 is 0. The van der Waals surface area contributed by atoms with E-state index in [-0.39, 0.29) is 153 Å². The Kier molecular flexibility index (Phi) is 23.5. The average molecular weight is 1420 g/mol. The van der Waals surface area contributed by atoms with Gasteiger partial charge >= 0.3 is 24.6 Å². The molecule has 1 aliphatic carbocycles. The van der Waals surface area contributed by atoms with Crippen LogP contribution in [0.3, 0.4) is 0 Å². The normalized spacial score (nSPS) is 16.7. The number of rotatable bonds is 16. The number of benzene rings is 10. The van der Waals surface area contributed by atoms with Crippen molar-refractivity contribution in [3.8, 4) is 46.0 Å². The molecule has 10 bridgehead atoms. The van der Waals surface area contributed by atoms with Crippen LogP contribution in [0.25, 0.3) is 0 Å². The number of hydrogen-bond acceptors (Lipinski definition) is 18. The van der Waals surface area contributed by atoms with Crippen LogP contribution in [0.4, 0.5) is 19.2 Å². The fraction of sp³-hybridized carbons (Fsp3) is 0.264. The van der Waals surface area contributed by atoms with Crippen molar-refractivity contribution in [2.45, 2.75) is 136 Å². The molecule has 4 N–H and O–H groups in total. The number of phenols is 4. The van der Waals surface area contributed by atoms with E-state index in [0.29, 0.717) is 54.6 Å². The highest BCUT2D eigenvalue weighted by molar-refractivity contribution is 5.73. The maximum Gasteiger partial charge on any atom is 0.514 e. The molecule has 0 amide bonds. The zero-order valence-corrected chi connectivity index (χ0v) is 59.6. The largest absolute Gasteiger partial charge is 0.514 e. The van der Waals surface area contributed by atoms with Crippen LogP contribution in [0, 0.1) is 0 Å². The average Bonchev–Trinajstić information content (AvgIpc) is 0.747. The summed E-state index contributed by atoms with van der Waals surface area (Å²) in [5.41, 5.74) is 6.86. The van der Waals surface area contributed by atoms with Gasteiger partial charge in [-0.25, -0.2) is 19.2 Å². The van der Waals surface area contributed by atoms with Crippen molar-refractivity contribution in [1.82, 2.24) is 9.80 Å². The molecule has 4 unspecified atom stereocenters. The van der Waals surface area contributed by atoms with Crippen LogP contribution in [0.15, 0.2) is 218 Å². The van der Waals surface area contributed by atoms with Crippen molar-refractivity contribution in [3.05, 3.63) is 307 Å². The molecule has 0 saturated heterocycles. The molecule has 0 spiro atoms. The highest BCUT2D eigenvalue weighted by atomic mass is 16.7. The quantitative estimate of drug-likeness (QED) is 0.0400. The van der Waals surface area contributed by atoms with Gasteiger partial charge in [0.2, 0.25) is 0 Å². The lowest BCUT2D eigenvalue weighted by Crippen LogP contribution is -2.29. The molecule has 10 aromatic rings. The number of phenolic OH excluding ortho intramolecular Hbond substituents is 4. The minimum absolute atomic E-state index is 0.00909.